The van der Waals surface area contributed by atoms with Crippen molar-refractivity contribution in [2.75, 3.05) is 6.61 Å². The molecule has 1 aromatic rings. The van der Waals surface area contributed by atoms with Crippen LogP contribution in [0.15, 0.2) is 30.3 Å². The van der Waals surface area contributed by atoms with Gasteiger partial charge in [-0.2, -0.15) is 0 Å². The van der Waals surface area contributed by atoms with Crippen LogP contribution in [-0.4, -0.2) is 36.4 Å². The van der Waals surface area contributed by atoms with Crippen LogP contribution in [0.3, 0.4) is 0 Å². The molecule has 1 fully saturated rings. The van der Waals surface area contributed by atoms with E-state index in [9.17, 15) is 9.59 Å². The van der Waals surface area contributed by atoms with Crippen molar-refractivity contribution in [2.45, 2.75) is 70.8 Å². The lowest BCUT2D eigenvalue weighted by Crippen LogP contribution is -2.39. The van der Waals surface area contributed by atoms with Gasteiger partial charge >= 0.3 is 12.1 Å². The third kappa shape index (κ3) is 7.87. The molecule has 26 heavy (non-hydrogen) atoms. The van der Waals surface area contributed by atoms with Crippen molar-refractivity contribution in [1.29, 1.82) is 0 Å². The van der Waals surface area contributed by atoms with Crippen molar-refractivity contribution in [3.8, 4) is 0 Å². The van der Waals surface area contributed by atoms with Crippen LogP contribution in [0.5, 0.6) is 0 Å². The second-order valence-corrected chi connectivity index (χ2v) is 7.58. The summed E-state index contributed by atoms with van der Waals surface area (Å²) >= 11 is 0. The highest BCUT2D eigenvalue weighted by atomic mass is 16.6. The van der Waals surface area contributed by atoms with Gasteiger partial charge < -0.3 is 19.5 Å². The normalized spacial score (nSPS) is 20.3. The average molecular weight is 363 g/mol. The van der Waals surface area contributed by atoms with Gasteiger partial charge in [-0.15, -0.1) is 0 Å². The number of alkyl carbamates (subject to hydrolysis) is 1. The Labute approximate surface area is 155 Å². The number of ether oxygens (including phenoxy) is 3. The SMILES string of the molecule is CC(C)(C)OC(=O)COC1CCC(NC(=O)OCc2ccccc2)CC1. The molecule has 0 aliphatic heterocycles. The highest BCUT2D eigenvalue weighted by Gasteiger charge is 2.25. The van der Waals surface area contributed by atoms with Gasteiger partial charge in [0.2, 0.25) is 0 Å². The zero-order valence-corrected chi connectivity index (χ0v) is 15.8. The number of nitrogens with one attached hydrogen (secondary N) is 1. The second-order valence-electron chi connectivity index (χ2n) is 7.58. The smallest absolute Gasteiger partial charge is 0.407 e. The maximum absolute atomic E-state index is 11.9. The molecule has 1 N–H and O–H groups in total. The fourth-order valence-electron chi connectivity index (χ4n) is 2.86. The van der Waals surface area contributed by atoms with E-state index in [1.54, 1.807) is 0 Å². The summed E-state index contributed by atoms with van der Waals surface area (Å²) in [5.74, 6) is -0.345. The molecule has 1 aromatic carbocycles. The molecule has 6 heteroatoms. The van der Waals surface area contributed by atoms with E-state index in [1.165, 1.54) is 0 Å². The first-order chi connectivity index (χ1) is 12.3. The Morgan fingerprint density at radius 2 is 1.73 bits per heavy atom. The molecule has 1 aliphatic rings. The highest BCUT2D eigenvalue weighted by molar-refractivity contribution is 5.71. The van der Waals surface area contributed by atoms with Gasteiger partial charge in [0.15, 0.2) is 0 Å². The summed E-state index contributed by atoms with van der Waals surface area (Å²) in [5.41, 5.74) is 0.462. The summed E-state index contributed by atoms with van der Waals surface area (Å²) in [4.78, 5) is 23.6. The van der Waals surface area contributed by atoms with Crippen molar-refractivity contribution in [2.24, 2.45) is 0 Å². The minimum absolute atomic E-state index is 0.0286. The first kappa shape index (κ1) is 20.2. The summed E-state index contributed by atoms with van der Waals surface area (Å²) in [6, 6.07) is 9.66. The molecule has 0 unspecified atom stereocenters. The van der Waals surface area contributed by atoms with E-state index < -0.39 is 11.7 Å². The molecule has 0 spiro atoms. The monoisotopic (exact) mass is 363 g/mol. The van der Waals surface area contributed by atoms with Crippen LogP contribution < -0.4 is 5.32 Å². The van der Waals surface area contributed by atoms with Gasteiger partial charge in [-0.25, -0.2) is 9.59 Å². The van der Waals surface area contributed by atoms with Crippen molar-refractivity contribution in [1.82, 2.24) is 5.32 Å². The Morgan fingerprint density at radius 1 is 1.08 bits per heavy atom. The van der Waals surface area contributed by atoms with Crippen molar-refractivity contribution < 1.29 is 23.8 Å². The van der Waals surface area contributed by atoms with Crippen LogP contribution in [0.1, 0.15) is 52.0 Å². The molecule has 1 aliphatic carbocycles. The van der Waals surface area contributed by atoms with E-state index in [1.807, 2.05) is 51.1 Å². The molecule has 2 rings (SSSR count). The van der Waals surface area contributed by atoms with Crippen molar-refractivity contribution in [3.05, 3.63) is 35.9 Å². The Morgan fingerprint density at radius 3 is 2.35 bits per heavy atom. The van der Waals surface area contributed by atoms with E-state index in [4.69, 9.17) is 14.2 Å². The molecule has 0 bridgehead atoms. The second kappa shape index (κ2) is 9.57. The number of hydrogen-bond donors (Lipinski definition) is 1. The van der Waals surface area contributed by atoms with E-state index in [-0.39, 0.29) is 31.3 Å². The number of carbonyl (C=O) groups is 2. The van der Waals surface area contributed by atoms with Gasteiger partial charge in [0.1, 0.15) is 18.8 Å². The van der Waals surface area contributed by atoms with Crippen molar-refractivity contribution >= 4 is 12.1 Å². The molecule has 0 aromatic heterocycles. The molecule has 1 amide bonds. The Hall–Kier alpha value is -2.08. The summed E-state index contributed by atoms with van der Waals surface area (Å²) in [5, 5.41) is 2.90. The number of hydrogen-bond acceptors (Lipinski definition) is 5. The minimum Gasteiger partial charge on any atom is -0.458 e. The molecule has 144 valence electrons. The Balaban J connectivity index is 1.60. The number of rotatable bonds is 6. The first-order valence-corrected chi connectivity index (χ1v) is 9.12. The summed E-state index contributed by atoms with van der Waals surface area (Å²) in [7, 11) is 0. The summed E-state index contributed by atoms with van der Waals surface area (Å²) in [6.45, 7) is 5.73. The lowest BCUT2D eigenvalue weighted by Gasteiger charge is -2.29. The first-order valence-electron chi connectivity index (χ1n) is 9.12. The van der Waals surface area contributed by atoms with E-state index in [0.717, 1.165) is 31.2 Å². The standard InChI is InChI=1S/C20H29NO5/c1-20(2,3)26-18(22)14-24-17-11-9-16(10-12-17)21-19(23)25-13-15-7-5-4-6-8-15/h4-8,16-17H,9-14H2,1-3H3,(H,21,23). The van der Waals surface area contributed by atoms with Crippen LogP contribution in [0.2, 0.25) is 0 Å². The number of benzene rings is 1. The molecule has 6 nitrogen and oxygen atoms in total. The predicted molar refractivity (Wildman–Crippen MR) is 97.6 cm³/mol. The molecular formula is C20H29NO5. The van der Waals surface area contributed by atoms with Crippen LogP contribution in [0.25, 0.3) is 0 Å². The zero-order valence-electron chi connectivity index (χ0n) is 15.8. The number of amides is 1. The van der Waals surface area contributed by atoms with Crippen LogP contribution in [0.4, 0.5) is 4.79 Å². The highest BCUT2D eigenvalue weighted by Crippen LogP contribution is 2.21. The van der Waals surface area contributed by atoms with Gasteiger partial charge in [0.05, 0.1) is 6.10 Å². The molecule has 0 heterocycles. The number of carbonyl (C=O) groups excluding carboxylic acids is 2. The van der Waals surface area contributed by atoms with Crippen molar-refractivity contribution in [3.63, 3.8) is 0 Å². The lowest BCUT2D eigenvalue weighted by molar-refractivity contribution is -0.162. The van der Waals surface area contributed by atoms with E-state index in [2.05, 4.69) is 5.32 Å². The largest absolute Gasteiger partial charge is 0.458 e. The molecule has 1 saturated carbocycles. The third-order valence-corrected chi connectivity index (χ3v) is 4.07. The Kier molecular flexibility index (Phi) is 7.45. The zero-order chi connectivity index (χ0) is 19.0. The lowest BCUT2D eigenvalue weighted by atomic mass is 9.93. The summed E-state index contributed by atoms with van der Waals surface area (Å²) in [6.07, 6.45) is 2.84. The van der Waals surface area contributed by atoms with Crippen LogP contribution >= 0.6 is 0 Å². The quantitative estimate of drug-likeness (QED) is 0.782. The predicted octanol–water partition coefficient (Wildman–Crippen LogP) is 3.58. The van der Waals surface area contributed by atoms with Gasteiger partial charge in [0.25, 0.3) is 0 Å². The minimum atomic E-state index is -0.498. The molecule has 0 atom stereocenters. The third-order valence-electron chi connectivity index (χ3n) is 4.07. The fourth-order valence-corrected chi connectivity index (χ4v) is 2.86. The molecule has 0 saturated heterocycles. The van der Waals surface area contributed by atoms with Crippen LogP contribution in [0, 0.1) is 0 Å². The molecule has 0 radical (unpaired) electrons. The topological polar surface area (TPSA) is 73.9 Å². The maximum atomic E-state index is 11.9. The van der Waals surface area contributed by atoms with Gasteiger partial charge in [0, 0.05) is 6.04 Å². The number of esters is 1. The van der Waals surface area contributed by atoms with Crippen LogP contribution in [-0.2, 0) is 25.6 Å². The van der Waals surface area contributed by atoms with E-state index in [0.29, 0.717) is 0 Å². The van der Waals surface area contributed by atoms with E-state index >= 15 is 0 Å². The Bertz CT molecular complexity index is 574. The summed E-state index contributed by atoms with van der Waals surface area (Å²) < 4.78 is 16.1. The fraction of sp³-hybridized carbons (Fsp3) is 0.600. The van der Waals surface area contributed by atoms with Gasteiger partial charge in [-0.05, 0) is 52.0 Å². The molecular weight excluding hydrogens is 334 g/mol. The van der Waals surface area contributed by atoms with Gasteiger partial charge in [-0.3, -0.25) is 0 Å². The van der Waals surface area contributed by atoms with Gasteiger partial charge in [-0.1, -0.05) is 30.3 Å². The maximum Gasteiger partial charge on any atom is 0.407 e. The average Bonchev–Trinajstić information content (AvgIpc) is 2.59.